The normalized spacial score (nSPS) is 9.50. The van der Waals surface area contributed by atoms with Gasteiger partial charge in [0, 0.05) is 25.0 Å². The quantitative estimate of drug-likeness (QED) is 0.739. The first-order valence-corrected chi connectivity index (χ1v) is 4.59. The number of anilines is 2. The largest absolute Gasteiger partial charge is 0.399 e. The van der Waals surface area contributed by atoms with Gasteiger partial charge in [-0.15, -0.1) is 0 Å². The van der Waals surface area contributed by atoms with Crippen LogP contribution in [-0.2, 0) is 0 Å². The van der Waals surface area contributed by atoms with E-state index in [9.17, 15) is 0 Å². The predicted octanol–water partition coefficient (Wildman–Crippen LogP) is 1.93. The minimum atomic E-state index is 0.532. The first kappa shape index (κ1) is 10.4. The van der Waals surface area contributed by atoms with Crippen molar-refractivity contribution in [1.82, 2.24) is 0 Å². The van der Waals surface area contributed by atoms with Crippen LogP contribution in [0.5, 0.6) is 0 Å². The monoisotopic (exact) mass is 189 g/mol. The van der Waals surface area contributed by atoms with Crippen LogP contribution in [0.15, 0.2) is 18.2 Å². The lowest BCUT2D eigenvalue weighted by Gasteiger charge is -2.20. The second kappa shape index (κ2) is 4.52. The highest BCUT2D eigenvalue weighted by Gasteiger charge is 2.03. The average Bonchev–Trinajstić information content (AvgIpc) is 2.18. The van der Waals surface area contributed by atoms with Gasteiger partial charge in [0.05, 0.1) is 12.5 Å². The third-order valence-electron chi connectivity index (χ3n) is 2.20. The summed E-state index contributed by atoms with van der Waals surface area (Å²) < 4.78 is 0. The molecule has 0 amide bonds. The molecule has 0 aliphatic heterocycles. The molecule has 3 nitrogen and oxygen atoms in total. The summed E-state index contributed by atoms with van der Waals surface area (Å²) in [6, 6.07) is 7.95. The second-order valence-corrected chi connectivity index (χ2v) is 3.38. The summed E-state index contributed by atoms with van der Waals surface area (Å²) in [5.41, 5.74) is 8.74. The molecule has 0 heterocycles. The molecule has 0 bridgehead atoms. The van der Waals surface area contributed by atoms with Gasteiger partial charge in [-0.2, -0.15) is 5.26 Å². The first-order chi connectivity index (χ1) is 6.65. The van der Waals surface area contributed by atoms with Crippen molar-refractivity contribution >= 4 is 11.4 Å². The van der Waals surface area contributed by atoms with Crippen molar-refractivity contribution in [3.05, 3.63) is 23.8 Å². The maximum absolute atomic E-state index is 8.48. The highest BCUT2D eigenvalue weighted by molar-refractivity contribution is 5.60. The van der Waals surface area contributed by atoms with E-state index in [1.807, 2.05) is 32.2 Å². The van der Waals surface area contributed by atoms with Crippen LogP contribution < -0.4 is 10.6 Å². The molecule has 0 spiro atoms. The molecule has 74 valence electrons. The molecule has 2 N–H and O–H groups in total. The van der Waals surface area contributed by atoms with Crippen LogP contribution in [0.2, 0.25) is 0 Å². The van der Waals surface area contributed by atoms with E-state index in [0.717, 1.165) is 17.9 Å². The zero-order valence-corrected chi connectivity index (χ0v) is 8.62. The van der Waals surface area contributed by atoms with Crippen molar-refractivity contribution in [3.8, 4) is 6.07 Å². The van der Waals surface area contributed by atoms with Gasteiger partial charge in [-0.05, 0) is 24.6 Å². The number of hydrogen-bond acceptors (Lipinski definition) is 3. The molecule has 0 unspecified atom stereocenters. The van der Waals surface area contributed by atoms with Crippen molar-refractivity contribution in [2.45, 2.75) is 13.3 Å². The summed E-state index contributed by atoms with van der Waals surface area (Å²) in [4.78, 5) is 2.05. The Kier molecular flexibility index (Phi) is 3.35. The molecule has 3 heteroatoms. The number of rotatable bonds is 3. The second-order valence-electron chi connectivity index (χ2n) is 3.38. The van der Waals surface area contributed by atoms with E-state index in [1.165, 1.54) is 5.56 Å². The maximum Gasteiger partial charge on any atom is 0.0640 e. The van der Waals surface area contributed by atoms with Gasteiger partial charge in [-0.3, -0.25) is 0 Å². The summed E-state index contributed by atoms with van der Waals surface area (Å²) in [6.07, 6.45) is 0.532. The highest BCUT2D eigenvalue weighted by atomic mass is 15.1. The van der Waals surface area contributed by atoms with E-state index in [2.05, 4.69) is 11.0 Å². The van der Waals surface area contributed by atoms with Gasteiger partial charge in [0.2, 0.25) is 0 Å². The summed E-state index contributed by atoms with van der Waals surface area (Å²) in [7, 11) is 1.97. The number of nitriles is 1. The molecule has 0 aliphatic carbocycles. The van der Waals surface area contributed by atoms with Crippen LogP contribution in [0, 0.1) is 18.3 Å². The van der Waals surface area contributed by atoms with Crippen LogP contribution in [0.25, 0.3) is 0 Å². The van der Waals surface area contributed by atoms with E-state index in [1.54, 1.807) is 0 Å². The smallest absolute Gasteiger partial charge is 0.0640 e. The zero-order valence-electron chi connectivity index (χ0n) is 8.62. The standard InChI is InChI=1S/C11H15N3/c1-9-4-5-10(13)8-11(9)14(2)7-3-6-12/h4-5,8H,3,7,13H2,1-2H3. The summed E-state index contributed by atoms with van der Waals surface area (Å²) in [5, 5.41) is 8.48. The van der Waals surface area contributed by atoms with E-state index < -0.39 is 0 Å². The van der Waals surface area contributed by atoms with Crippen LogP contribution in [-0.4, -0.2) is 13.6 Å². The van der Waals surface area contributed by atoms with Crippen LogP contribution >= 0.6 is 0 Å². The van der Waals surface area contributed by atoms with Crippen LogP contribution in [0.4, 0.5) is 11.4 Å². The van der Waals surface area contributed by atoms with Gasteiger partial charge in [0.15, 0.2) is 0 Å². The molecular weight excluding hydrogens is 174 g/mol. The van der Waals surface area contributed by atoms with E-state index in [4.69, 9.17) is 11.0 Å². The molecule has 0 saturated carbocycles. The molecule has 1 rings (SSSR count). The lowest BCUT2D eigenvalue weighted by molar-refractivity contribution is 0.901. The Morgan fingerprint density at radius 3 is 2.86 bits per heavy atom. The number of nitrogen functional groups attached to an aromatic ring is 1. The average molecular weight is 189 g/mol. The Balaban J connectivity index is 2.83. The van der Waals surface area contributed by atoms with Gasteiger partial charge >= 0.3 is 0 Å². The summed E-state index contributed by atoms with van der Waals surface area (Å²) in [5.74, 6) is 0. The topological polar surface area (TPSA) is 53.0 Å². The Bertz CT molecular complexity index is 352. The van der Waals surface area contributed by atoms with Gasteiger partial charge in [-0.1, -0.05) is 6.07 Å². The summed E-state index contributed by atoms with van der Waals surface area (Å²) >= 11 is 0. The van der Waals surface area contributed by atoms with Gasteiger partial charge in [-0.25, -0.2) is 0 Å². The van der Waals surface area contributed by atoms with Crippen molar-refractivity contribution < 1.29 is 0 Å². The third-order valence-corrected chi connectivity index (χ3v) is 2.20. The van der Waals surface area contributed by atoms with Crippen molar-refractivity contribution in [2.75, 3.05) is 24.2 Å². The Morgan fingerprint density at radius 1 is 1.50 bits per heavy atom. The number of nitrogens with zero attached hydrogens (tertiary/aromatic N) is 2. The minimum absolute atomic E-state index is 0.532. The SMILES string of the molecule is Cc1ccc(N)cc1N(C)CCC#N. The molecule has 0 fully saturated rings. The highest BCUT2D eigenvalue weighted by Crippen LogP contribution is 2.21. The lowest BCUT2D eigenvalue weighted by atomic mass is 10.1. The van der Waals surface area contributed by atoms with Crippen molar-refractivity contribution in [3.63, 3.8) is 0 Å². The van der Waals surface area contributed by atoms with Gasteiger partial charge < -0.3 is 10.6 Å². The van der Waals surface area contributed by atoms with Crippen molar-refractivity contribution in [2.24, 2.45) is 0 Å². The van der Waals surface area contributed by atoms with Gasteiger partial charge in [0.1, 0.15) is 0 Å². The fourth-order valence-corrected chi connectivity index (χ4v) is 1.38. The van der Waals surface area contributed by atoms with E-state index >= 15 is 0 Å². The number of nitrogens with two attached hydrogens (primary N) is 1. The van der Waals surface area contributed by atoms with E-state index in [-0.39, 0.29) is 0 Å². The Hall–Kier alpha value is -1.69. The molecule has 0 aliphatic rings. The van der Waals surface area contributed by atoms with Crippen LogP contribution in [0.3, 0.4) is 0 Å². The zero-order chi connectivity index (χ0) is 10.6. The number of hydrogen-bond donors (Lipinski definition) is 1. The molecule has 14 heavy (non-hydrogen) atoms. The fraction of sp³-hybridized carbons (Fsp3) is 0.364. The van der Waals surface area contributed by atoms with E-state index in [0.29, 0.717) is 6.42 Å². The molecular formula is C11H15N3. The molecule has 1 aromatic rings. The molecule has 1 aromatic carbocycles. The van der Waals surface area contributed by atoms with Crippen molar-refractivity contribution in [1.29, 1.82) is 5.26 Å². The predicted molar refractivity (Wildman–Crippen MR) is 59.1 cm³/mol. The number of benzene rings is 1. The molecule has 0 radical (unpaired) electrons. The molecule has 0 aromatic heterocycles. The number of aryl methyl sites for hydroxylation is 1. The fourth-order valence-electron chi connectivity index (χ4n) is 1.38. The van der Waals surface area contributed by atoms with Gasteiger partial charge in [0.25, 0.3) is 0 Å². The third kappa shape index (κ3) is 2.40. The van der Waals surface area contributed by atoms with Crippen LogP contribution in [0.1, 0.15) is 12.0 Å². The first-order valence-electron chi connectivity index (χ1n) is 4.59. The Labute approximate surface area is 84.7 Å². The summed E-state index contributed by atoms with van der Waals surface area (Å²) in [6.45, 7) is 2.78. The molecule has 0 atom stereocenters. The maximum atomic E-state index is 8.48. The minimum Gasteiger partial charge on any atom is -0.399 e. The molecule has 0 saturated heterocycles. The Morgan fingerprint density at radius 2 is 2.21 bits per heavy atom. The lowest BCUT2D eigenvalue weighted by Crippen LogP contribution is -2.19.